The first-order chi connectivity index (χ1) is 11.2. The summed E-state index contributed by atoms with van der Waals surface area (Å²) in [7, 11) is 0. The van der Waals surface area contributed by atoms with Crippen LogP contribution in [0.25, 0.3) is 11.3 Å². The number of nitro benzene ring substituents is 1. The third-order valence-corrected chi connectivity index (χ3v) is 3.67. The van der Waals surface area contributed by atoms with Crippen molar-refractivity contribution in [3.05, 3.63) is 69.8 Å². The van der Waals surface area contributed by atoms with E-state index in [9.17, 15) is 10.1 Å². The Kier molecular flexibility index (Phi) is 4.34. The van der Waals surface area contributed by atoms with E-state index in [1.54, 1.807) is 24.5 Å². The molecule has 0 fully saturated rings. The number of thiazole rings is 1. The van der Waals surface area contributed by atoms with Gasteiger partial charge in [-0.15, -0.1) is 11.3 Å². The molecule has 0 unspecified atom stereocenters. The predicted molar refractivity (Wildman–Crippen MR) is 89.7 cm³/mol. The maximum absolute atomic E-state index is 10.6. The molecule has 8 heteroatoms. The number of aromatic nitrogens is 2. The lowest BCUT2D eigenvalue weighted by Crippen LogP contribution is -1.92. The van der Waals surface area contributed by atoms with Crippen molar-refractivity contribution >= 4 is 28.4 Å². The van der Waals surface area contributed by atoms with Crippen LogP contribution in [0, 0.1) is 10.1 Å². The van der Waals surface area contributed by atoms with Crippen molar-refractivity contribution in [3.8, 4) is 11.3 Å². The molecule has 0 radical (unpaired) electrons. The van der Waals surface area contributed by atoms with Crippen LogP contribution in [0.5, 0.6) is 0 Å². The number of non-ortho nitro benzene ring substituents is 1. The van der Waals surface area contributed by atoms with E-state index in [4.69, 9.17) is 0 Å². The Morgan fingerprint density at radius 1 is 1.22 bits per heavy atom. The summed E-state index contributed by atoms with van der Waals surface area (Å²) < 4.78 is 0. The van der Waals surface area contributed by atoms with Gasteiger partial charge >= 0.3 is 0 Å². The summed E-state index contributed by atoms with van der Waals surface area (Å²) in [5.74, 6) is 0. The predicted octanol–water partition coefficient (Wildman–Crippen LogP) is 3.56. The molecule has 0 atom stereocenters. The van der Waals surface area contributed by atoms with E-state index in [-0.39, 0.29) is 5.69 Å². The van der Waals surface area contributed by atoms with E-state index in [1.165, 1.54) is 23.5 Å². The molecule has 23 heavy (non-hydrogen) atoms. The molecule has 2 aromatic heterocycles. The molecule has 1 N–H and O–H groups in total. The fourth-order valence-electron chi connectivity index (χ4n) is 1.82. The number of nitrogens with zero attached hydrogens (tertiary/aromatic N) is 4. The van der Waals surface area contributed by atoms with Gasteiger partial charge in [-0.3, -0.25) is 20.5 Å². The number of hydrogen-bond acceptors (Lipinski definition) is 7. The SMILES string of the molecule is O=[N+]([O-])c1ccc(-c2csc(N/N=C\c3ccccn3)n2)cc1. The molecule has 3 aromatic rings. The molecular formula is C15H11N5O2S. The Morgan fingerprint density at radius 2 is 2.04 bits per heavy atom. The molecule has 0 aliphatic carbocycles. The number of hydrazone groups is 1. The van der Waals surface area contributed by atoms with Gasteiger partial charge in [-0.05, 0) is 24.3 Å². The molecule has 3 rings (SSSR count). The Bertz CT molecular complexity index is 831. The summed E-state index contributed by atoms with van der Waals surface area (Å²) >= 11 is 1.40. The van der Waals surface area contributed by atoms with E-state index < -0.39 is 4.92 Å². The first kappa shape index (κ1) is 14.8. The number of hydrogen-bond donors (Lipinski definition) is 1. The Morgan fingerprint density at radius 3 is 2.74 bits per heavy atom. The highest BCUT2D eigenvalue weighted by molar-refractivity contribution is 7.14. The van der Waals surface area contributed by atoms with Crippen molar-refractivity contribution in [1.29, 1.82) is 0 Å². The van der Waals surface area contributed by atoms with Gasteiger partial charge in [0.1, 0.15) is 0 Å². The summed E-state index contributed by atoms with van der Waals surface area (Å²) in [6.07, 6.45) is 3.30. The maximum atomic E-state index is 10.6. The van der Waals surface area contributed by atoms with Crippen LogP contribution in [-0.4, -0.2) is 21.1 Å². The molecule has 0 amide bonds. The summed E-state index contributed by atoms with van der Waals surface area (Å²) in [6, 6.07) is 11.8. The Labute approximate surface area is 135 Å². The normalized spacial score (nSPS) is 10.8. The van der Waals surface area contributed by atoms with Gasteiger partial charge in [0.2, 0.25) is 5.13 Å². The van der Waals surface area contributed by atoms with Gasteiger partial charge < -0.3 is 0 Å². The van der Waals surface area contributed by atoms with Gasteiger partial charge in [0, 0.05) is 29.3 Å². The van der Waals surface area contributed by atoms with Crippen molar-refractivity contribution in [2.45, 2.75) is 0 Å². The quantitative estimate of drug-likeness (QED) is 0.440. The van der Waals surface area contributed by atoms with Crippen LogP contribution in [-0.2, 0) is 0 Å². The average Bonchev–Trinajstić information content (AvgIpc) is 3.05. The number of nitro groups is 1. The van der Waals surface area contributed by atoms with Crippen molar-refractivity contribution in [1.82, 2.24) is 9.97 Å². The first-order valence-electron chi connectivity index (χ1n) is 6.63. The lowest BCUT2D eigenvalue weighted by atomic mass is 10.1. The molecule has 0 bridgehead atoms. The number of rotatable bonds is 5. The summed E-state index contributed by atoms with van der Waals surface area (Å²) in [6.45, 7) is 0. The Hall–Kier alpha value is -3.13. The Balaban J connectivity index is 1.68. The summed E-state index contributed by atoms with van der Waals surface area (Å²) in [5, 5.41) is 17.2. The zero-order chi connectivity index (χ0) is 16.1. The van der Waals surface area contributed by atoms with Gasteiger partial charge in [0.15, 0.2) is 0 Å². The van der Waals surface area contributed by atoms with Crippen LogP contribution < -0.4 is 5.43 Å². The summed E-state index contributed by atoms with van der Waals surface area (Å²) in [4.78, 5) is 18.7. The fraction of sp³-hybridized carbons (Fsp3) is 0. The van der Waals surface area contributed by atoms with Crippen LogP contribution in [0.1, 0.15) is 5.69 Å². The van der Waals surface area contributed by atoms with Crippen molar-refractivity contribution in [3.63, 3.8) is 0 Å². The average molecular weight is 325 g/mol. The van der Waals surface area contributed by atoms with Crippen LogP contribution in [0.2, 0.25) is 0 Å². The maximum Gasteiger partial charge on any atom is 0.269 e. The molecule has 0 saturated heterocycles. The molecule has 114 valence electrons. The van der Waals surface area contributed by atoms with Gasteiger partial charge in [-0.1, -0.05) is 6.07 Å². The van der Waals surface area contributed by atoms with E-state index in [0.29, 0.717) is 5.13 Å². The van der Waals surface area contributed by atoms with E-state index in [0.717, 1.165) is 17.0 Å². The van der Waals surface area contributed by atoms with Gasteiger partial charge in [0.05, 0.1) is 22.5 Å². The zero-order valence-electron chi connectivity index (χ0n) is 11.8. The lowest BCUT2D eigenvalue weighted by molar-refractivity contribution is -0.384. The minimum atomic E-state index is -0.426. The fourth-order valence-corrected chi connectivity index (χ4v) is 2.49. The molecule has 0 spiro atoms. The highest BCUT2D eigenvalue weighted by atomic mass is 32.1. The first-order valence-corrected chi connectivity index (χ1v) is 7.51. The second kappa shape index (κ2) is 6.75. The minimum absolute atomic E-state index is 0.0577. The number of pyridine rings is 1. The second-order valence-electron chi connectivity index (χ2n) is 4.47. The number of nitrogens with one attached hydrogen (secondary N) is 1. The topological polar surface area (TPSA) is 93.3 Å². The summed E-state index contributed by atoms with van der Waals surface area (Å²) in [5.41, 5.74) is 5.19. The molecule has 1 aromatic carbocycles. The molecular weight excluding hydrogens is 314 g/mol. The highest BCUT2D eigenvalue weighted by Gasteiger charge is 2.07. The number of anilines is 1. The van der Waals surface area contributed by atoms with Crippen molar-refractivity contribution in [2.75, 3.05) is 5.43 Å². The second-order valence-corrected chi connectivity index (χ2v) is 5.32. The zero-order valence-corrected chi connectivity index (χ0v) is 12.6. The lowest BCUT2D eigenvalue weighted by Gasteiger charge is -1.96. The van der Waals surface area contributed by atoms with E-state index in [1.807, 2.05) is 23.6 Å². The highest BCUT2D eigenvalue weighted by Crippen LogP contribution is 2.26. The van der Waals surface area contributed by atoms with E-state index in [2.05, 4.69) is 20.5 Å². The van der Waals surface area contributed by atoms with E-state index >= 15 is 0 Å². The van der Waals surface area contributed by atoms with Crippen LogP contribution in [0.4, 0.5) is 10.8 Å². The third kappa shape index (κ3) is 3.74. The standard InChI is InChI=1S/C15H11N5O2S/c21-20(22)13-6-4-11(5-7-13)14-10-23-15(18-14)19-17-9-12-3-1-2-8-16-12/h1-10H,(H,18,19)/b17-9-. The monoisotopic (exact) mass is 325 g/mol. The molecule has 2 heterocycles. The molecule has 7 nitrogen and oxygen atoms in total. The third-order valence-electron chi connectivity index (χ3n) is 2.92. The smallest absolute Gasteiger partial charge is 0.258 e. The van der Waals surface area contributed by atoms with Gasteiger partial charge in [-0.25, -0.2) is 4.98 Å². The number of benzene rings is 1. The molecule has 0 saturated carbocycles. The van der Waals surface area contributed by atoms with Gasteiger partial charge in [0.25, 0.3) is 5.69 Å². The van der Waals surface area contributed by atoms with Crippen molar-refractivity contribution < 1.29 is 4.92 Å². The van der Waals surface area contributed by atoms with Crippen LogP contribution in [0.15, 0.2) is 59.1 Å². The van der Waals surface area contributed by atoms with Gasteiger partial charge in [-0.2, -0.15) is 5.10 Å². The largest absolute Gasteiger partial charge is 0.269 e. The molecule has 0 aliphatic heterocycles. The minimum Gasteiger partial charge on any atom is -0.258 e. The van der Waals surface area contributed by atoms with Crippen LogP contribution in [0.3, 0.4) is 0 Å². The van der Waals surface area contributed by atoms with Crippen LogP contribution >= 0.6 is 11.3 Å². The van der Waals surface area contributed by atoms with Crippen molar-refractivity contribution in [2.24, 2.45) is 5.10 Å². The molecule has 0 aliphatic rings.